The molecule has 0 saturated heterocycles. The highest BCUT2D eigenvalue weighted by molar-refractivity contribution is 7.99. The molecule has 0 bridgehead atoms. The summed E-state index contributed by atoms with van der Waals surface area (Å²) in [5.74, 6) is 0. The number of thioether (sulfide) groups is 1. The van der Waals surface area contributed by atoms with Crippen LogP contribution in [0.4, 0.5) is 0 Å². The van der Waals surface area contributed by atoms with E-state index in [4.69, 9.17) is 0 Å². The van der Waals surface area contributed by atoms with Crippen LogP contribution in [-0.2, 0) is 6.42 Å². The van der Waals surface area contributed by atoms with Crippen LogP contribution in [-0.4, -0.2) is 17.5 Å². The van der Waals surface area contributed by atoms with Crippen LogP contribution in [0.2, 0.25) is 0 Å². The first-order valence-corrected chi connectivity index (χ1v) is 9.27. The van der Waals surface area contributed by atoms with Crippen molar-refractivity contribution < 1.29 is 0 Å². The lowest BCUT2D eigenvalue weighted by molar-refractivity contribution is 0.194. The maximum atomic E-state index is 4.04. The highest BCUT2D eigenvalue weighted by Crippen LogP contribution is 2.44. The zero-order valence-electron chi connectivity index (χ0n) is 13.0. The van der Waals surface area contributed by atoms with Gasteiger partial charge in [-0.1, -0.05) is 44.5 Å². The fourth-order valence-electron chi connectivity index (χ4n) is 3.99. The summed E-state index contributed by atoms with van der Waals surface area (Å²) in [5, 5.41) is 4.85. The predicted octanol–water partition coefficient (Wildman–Crippen LogP) is 4.57. The number of hydrogen-bond donors (Lipinski definition) is 1. The smallest absolute Gasteiger partial charge is 0.0377 e. The molecule has 0 spiro atoms. The molecule has 1 saturated carbocycles. The molecule has 1 aromatic carbocycles. The summed E-state index contributed by atoms with van der Waals surface area (Å²) in [6.07, 6.45) is 8.91. The molecule has 0 aliphatic heterocycles. The largest absolute Gasteiger partial charge is 0.306 e. The highest BCUT2D eigenvalue weighted by atomic mass is 32.2. The normalized spacial score (nSPS) is 32.0. The summed E-state index contributed by atoms with van der Waals surface area (Å²) in [7, 11) is 0. The van der Waals surface area contributed by atoms with E-state index in [-0.39, 0.29) is 0 Å². The van der Waals surface area contributed by atoms with Gasteiger partial charge in [0.05, 0.1) is 0 Å². The van der Waals surface area contributed by atoms with Crippen molar-refractivity contribution in [3.63, 3.8) is 0 Å². The predicted molar refractivity (Wildman–Crippen MR) is 89.4 cm³/mol. The SMILES string of the molecule is CSC1CCCC1NC1c2ccccc2CCC1(C)C. The molecule has 2 aliphatic rings. The van der Waals surface area contributed by atoms with E-state index in [0.717, 1.165) is 5.25 Å². The lowest BCUT2D eigenvalue weighted by Gasteiger charge is -2.42. The van der Waals surface area contributed by atoms with Gasteiger partial charge in [-0.05, 0) is 48.5 Å². The highest BCUT2D eigenvalue weighted by Gasteiger charge is 2.38. The molecular weight excluding hydrogens is 262 g/mol. The molecule has 1 nitrogen and oxygen atoms in total. The average Bonchev–Trinajstić information content (AvgIpc) is 2.89. The fourth-order valence-corrected chi connectivity index (χ4v) is 4.94. The standard InChI is InChI=1S/C18H27NS/c1-18(2)12-11-13-7-4-5-8-14(13)17(18)19-15-9-6-10-16(15)20-3/h4-5,7-8,15-17,19H,6,9-12H2,1-3H3. The molecule has 0 aromatic heterocycles. The Morgan fingerprint density at radius 2 is 2.00 bits per heavy atom. The van der Waals surface area contributed by atoms with Crippen LogP contribution in [0.25, 0.3) is 0 Å². The Morgan fingerprint density at radius 1 is 1.20 bits per heavy atom. The summed E-state index contributed by atoms with van der Waals surface area (Å²) in [6, 6.07) is 10.3. The van der Waals surface area contributed by atoms with Gasteiger partial charge in [0.1, 0.15) is 0 Å². The van der Waals surface area contributed by atoms with Gasteiger partial charge in [0, 0.05) is 17.3 Å². The molecule has 3 unspecified atom stereocenters. The molecule has 20 heavy (non-hydrogen) atoms. The topological polar surface area (TPSA) is 12.0 Å². The van der Waals surface area contributed by atoms with Crippen LogP contribution in [0, 0.1) is 5.41 Å². The van der Waals surface area contributed by atoms with Crippen LogP contribution in [0.1, 0.15) is 56.7 Å². The molecule has 0 amide bonds. The number of fused-ring (bicyclic) bond motifs is 1. The van der Waals surface area contributed by atoms with Gasteiger partial charge in [0.25, 0.3) is 0 Å². The van der Waals surface area contributed by atoms with E-state index in [9.17, 15) is 0 Å². The van der Waals surface area contributed by atoms with Gasteiger partial charge in [-0.15, -0.1) is 0 Å². The minimum Gasteiger partial charge on any atom is -0.306 e. The third-order valence-electron chi connectivity index (χ3n) is 5.32. The molecule has 0 radical (unpaired) electrons. The van der Waals surface area contributed by atoms with E-state index < -0.39 is 0 Å². The molecular formula is C18H27NS. The van der Waals surface area contributed by atoms with Crippen molar-refractivity contribution in [1.82, 2.24) is 5.32 Å². The molecule has 3 atom stereocenters. The number of hydrogen-bond acceptors (Lipinski definition) is 2. The first-order valence-electron chi connectivity index (χ1n) is 7.98. The fraction of sp³-hybridized carbons (Fsp3) is 0.667. The summed E-state index contributed by atoms with van der Waals surface area (Å²) in [4.78, 5) is 0. The van der Waals surface area contributed by atoms with Gasteiger partial charge in [-0.3, -0.25) is 0 Å². The van der Waals surface area contributed by atoms with E-state index in [1.54, 1.807) is 11.1 Å². The molecule has 110 valence electrons. The Labute approximate surface area is 127 Å². The van der Waals surface area contributed by atoms with E-state index in [1.807, 2.05) is 11.8 Å². The summed E-state index contributed by atoms with van der Waals surface area (Å²) in [6.45, 7) is 4.87. The lowest BCUT2D eigenvalue weighted by atomic mass is 9.70. The molecule has 1 fully saturated rings. The van der Waals surface area contributed by atoms with Crippen molar-refractivity contribution in [2.24, 2.45) is 5.41 Å². The third-order valence-corrected chi connectivity index (χ3v) is 6.49. The summed E-state index contributed by atoms with van der Waals surface area (Å²) < 4.78 is 0. The average molecular weight is 289 g/mol. The molecule has 1 aromatic rings. The van der Waals surface area contributed by atoms with Crippen molar-refractivity contribution in [2.75, 3.05) is 6.26 Å². The second-order valence-electron chi connectivity index (χ2n) is 7.10. The number of nitrogens with one attached hydrogen (secondary N) is 1. The summed E-state index contributed by atoms with van der Waals surface area (Å²) >= 11 is 2.05. The number of rotatable bonds is 3. The number of benzene rings is 1. The molecule has 2 heteroatoms. The Balaban J connectivity index is 1.86. The van der Waals surface area contributed by atoms with E-state index in [0.29, 0.717) is 17.5 Å². The van der Waals surface area contributed by atoms with E-state index in [1.165, 1.54) is 32.1 Å². The summed E-state index contributed by atoms with van der Waals surface area (Å²) in [5.41, 5.74) is 3.47. The first-order chi connectivity index (χ1) is 9.62. The molecule has 0 heterocycles. The first kappa shape index (κ1) is 14.5. The van der Waals surface area contributed by atoms with Crippen molar-refractivity contribution in [3.8, 4) is 0 Å². The number of aryl methyl sites for hydroxylation is 1. The minimum absolute atomic E-state index is 0.361. The van der Waals surface area contributed by atoms with Crippen LogP contribution in [0.5, 0.6) is 0 Å². The Hall–Kier alpha value is -0.470. The molecule has 2 aliphatic carbocycles. The van der Waals surface area contributed by atoms with Gasteiger partial charge in [0.2, 0.25) is 0 Å². The van der Waals surface area contributed by atoms with Gasteiger partial charge in [-0.25, -0.2) is 0 Å². The van der Waals surface area contributed by atoms with Crippen LogP contribution < -0.4 is 5.32 Å². The quantitative estimate of drug-likeness (QED) is 0.874. The van der Waals surface area contributed by atoms with Crippen molar-refractivity contribution in [2.45, 2.75) is 63.3 Å². The molecule has 1 N–H and O–H groups in total. The van der Waals surface area contributed by atoms with Gasteiger partial charge >= 0.3 is 0 Å². The zero-order chi connectivity index (χ0) is 14.2. The van der Waals surface area contributed by atoms with Crippen molar-refractivity contribution >= 4 is 11.8 Å². The van der Waals surface area contributed by atoms with Gasteiger partial charge in [-0.2, -0.15) is 11.8 Å². The zero-order valence-corrected chi connectivity index (χ0v) is 13.8. The van der Waals surface area contributed by atoms with Crippen molar-refractivity contribution in [1.29, 1.82) is 0 Å². The van der Waals surface area contributed by atoms with Crippen LogP contribution in [0.15, 0.2) is 24.3 Å². The van der Waals surface area contributed by atoms with E-state index in [2.05, 4.69) is 49.7 Å². The van der Waals surface area contributed by atoms with Crippen molar-refractivity contribution in [3.05, 3.63) is 35.4 Å². The Morgan fingerprint density at radius 3 is 2.80 bits per heavy atom. The van der Waals surface area contributed by atoms with Crippen LogP contribution in [0.3, 0.4) is 0 Å². The molecule has 3 rings (SSSR count). The third kappa shape index (κ3) is 2.65. The maximum absolute atomic E-state index is 4.04. The van der Waals surface area contributed by atoms with Gasteiger partial charge < -0.3 is 5.32 Å². The maximum Gasteiger partial charge on any atom is 0.0377 e. The van der Waals surface area contributed by atoms with Gasteiger partial charge in [0.15, 0.2) is 0 Å². The van der Waals surface area contributed by atoms with Crippen LogP contribution >= 0.6 is 11.8 Å². The minimum atomic E-state index is 0.361. The monoisotopic (exact) mass is 289 g/mol. The Kier molecular flexibility index (Phi) is 4.14. The Bertz CT molecular complexity index is 468. The second kappa shape index (κ2) is 5.73. The van der Waals surface area contributed by atoms with E-state index >= 15 is 0 Å². The lowest BCUT2D eigenvalue weighted by Crippen LogP contribution is -2.45. The second-order valence-corrected chi connectivity index (χ2v) is 8.18.